The van der Waals surface area contributed by atoms with Crippen LogP contribution >= 0.6 is 10.6 Å². The van der Waals surface area contributed by atoms with Crippen LogP contribution in [-0.2, 0) is 5.41 Å². The van der Waals surface area contributed by atoms with E-state index in [0.29, 0.717) is 11.3 Å². The molecule has 0 aliphatic carbocycles. The first-order valence-electron chi connectivity index (χ1n) is 8.49. The van der Waals surface area contributed by atoms with E-state index in [-0.39, 0.29) is 16.7 Å². The molecule has 0 spiro atoms. The van der Waals surface area contributed by atoms with E-state index in [1.165, 1.54) is 0 Å². The number of carbonyl (C=O) groups is 1. The number of carboxylic acid groups (broad SMARTS) is 1. The van der Waals surface area contributed by atoms with E-state index in [9.17, 15) is 13.9 Å². The van der Waals surface area contributed by atoms with E-state index < -0.39 is 16.6 Å². The lowest BCUT2D eigenvalue weighted by molar-refractivity contribution is 0.0697. The van der Waals surface area contributed by atoms with Crippen molar-refractivity contribution in [3.8, 4) is 0 Å². The van der Waals surface area contributed by atoms with Crippen LogP contribution in [0, 0.1) is 0 Å². The van der Waals surface area contributed by atoms with Crippen LogP contribution in [0.5, 0.6) is 0 Å². The van der Waals surface area contributed by atoms with Crippen molar-refractivity contribution in [1.29, 1.82) is 0 Å². The molecule has 1 N–H and O–H groups in total. The van der Waals surface area contributed by atoms with Crippen LogP contribution in [0.3, 0.4) is 0 Å². The topological polar surface area (TPSA) is 83.4 Å². The average molecular weight is 370 g/mol. The molecule has 26 heavy (non-hydrogen) atoms. The second kappa shape index (κ2) is 6.58. The van der Waals surface area contributed by atoms with Crippen molar-refractivity contribution in [2.45, 2.75) is 37.5 Å². The fourth-order valence-corrected chi connectivity index (χ4v) is 5.21. The second-order valence-electron chi connectivity index (χ2n) is 7.42. The van der Waals surface area contributed by atoms with Crippen LogP contribution in [0.2, 0.25) is 0 Å². The fourth-order valence-electron chi connectivity index (χ4n) is 3.26. The van der Waals surface area contributed by atoms with Gasteiger partial charge in [0, 0.05) is 0 Å². The smallest absolute Gasteiger partial charge is 0.335 e. The molecule has 0 aromatic heterocycles. The summed E-state index contributed by atoms with van der Waals surface area (Å²) in [5, 5.41) is 8.98. The van der Waals surface area contributed by atoms with Crippen LogP contribution in [0.25, 0.3) is 11.6 Å². The molecule has 1 aliphatic rings. The van der Waals surface area contributed by atoms with Crippen LogP contribution in [-0.4, -0.2) is 25.9 Å². The summed E-state index contributed by atoms with van der Waals surface area (Å²) in [6.07, 6.45) is 2.59. The number of aromatic carboxylic acids is 1. The minimum Gasteiger partial charge on any atom is -0.796 e. The van der Waals surface area contributed by atoms with Crippen molar-refractivity contribution in [2.24, 2.45) is 0 Å². The Labute approximate surface area is 155 Å². The molecule has 0 fully saturated rings. The van der Waals surface area contributed by atoms with Gasteiger partial charge in [0.25, 0.3) is 0 Å². The maximum Gasteiger partial charge on any atom is 0.335 e. The Hall–Kier alpha value is -2.08. The van der Waals surface area contributed by atoms with Gasteiger partial charge in [0.15, 0.2) is 0 Å². The maximum atomic E-state index is 12.4. The quantitative estimate of drug-likeness (QED) is 0.766. The number of fused-ring (bicyclic) bond motifs is 1. The highest BCUT2D eigenvalue weighted by molar-refractivity contribution is 8.24. The summed E-state index contributed by atoms with van der Waals surface area (Å²) in [6.45, 7) is 6.12. The standard InChI is InChI=1S/C21H24O4S/c1-14(12-15-4-6-16(7-5-15)20(22)23)17-8-9-19-18(13-17)21(2,3)10-11-26(19,24)25/h4-9,12-13,24-25H,10-11H2,1-3H3,(H,22,23)/p-2/b14-12+. The lowest BCUT2D eigenvalue weighted by atomic mass is 9.80. The molecule has 0 amide bonds. The van der Waals surface area contributed by atoms with Gasteiger partial charge in [0.05, 0.1) is 5.56 Å². The summed E-state index contributed by atoms with van der Waals surface area (Å²) >= 11 is 0. The van der Waals surface area contributed by atoms with E-state index in [4.69, 9.17) is 5.11 Å². The molecule has 0 saturated carbocycles. The van der Waals surface area contributed by atoms with Crippen molar-refractivity contribution in [3.05, 3.63) is 64.7 Å². The van der Waals surface area contributed by atoms with Gasteiger partial charge in [-0.1, -0.05) is 38.1 Å². The molecule has 4 nitrogen and oxygen atoms in total. The minimum absolute atomic E-state index is 0.180. The molecule has 5 heteroatoms. The monoisotopic (exact) mass is 370 g/mol. The number of sulfone groups is 1. The zero-order chi connectivity index (χ0) is 19.1. The molecule has 138 valence electrons. The Balaban J connectivity index is 1.98. The summed E-state index contributed by atoms with van der Waals surface area (Å²) in [5.74, 6) is -0.757. The lowest BCUT2D eigenvalue weighted by Gasteiger charge is -2.65. The van der Waals surface area contributed by atoms with E-state index >= 15 is 0 Å². The zero-order valence-electron chi connectivity index (χ0n) is 15.1. The number of carboxylic acids is 1. The highest BCUT2D eigenvalue weighted by atomic mass is 32.3. The summed E-state index contributed by atoms with van der Waals surface area (Å²) in [5.41, 5.74) is 3.80. The Morgan fingerprint density at radius 2 is 1.73 bits per heavy atom. The first-order valence-corrected chi connectivity index (χ1v) is 10.1. The molecular weight excluding hydrogens is 348 g/mol. The third kappa shape index (κ3) is 3.56. The Morgan fingerprint density at radius 3 is 2.35 bits per heavy atom. The van der Waals surface area contributed by atoms with E-state index in [1.807, 2.05) is 25.1 Å². The van der Waals surface area contributed by atoms with Crippen molar-refractivity contribution >= 4 is 28.2 Å². The number of rotatable bonds is 3. The molecule has 0 atom stereocenters. The highest BCUT2D eigenvalue weighted by Gasteiger charge is 2.29. The first-order chi connectivity index (χ1) is 12.1. The molecule has 2 aromatic rings. The van der Waals surface area contributed by atoms with Gasteiger partial charge in [-0.2, -0.15) is 0 Å². The van der Waals surface area contributed by atoms with Gasteiger partial charge in [-0.15, -0.1) is 0 Å². The van der Waals surface area contributed by atoms with Crippen molar-refractivity contribution < 1.29 is 19.0 Å². The molecule has 1 aliphatic heterocycles. The first kappa shape index (κ1) is 18.7. The number of hydrogen-bond acceptors (Lipinski definition) is 3. The van der Waals surface area contributed by atoms with Gasteiger partial charge < -0.3 is 24.8 Å². The maximum absolute atomic E-state index is 12.4. The molecule has 0 saturated heterocycles. The fraction of sp³-hybridized carbons (Fsp3) is 0.286. The molecule has 1 heterocycles. The van der Waals surface area contributed by atoms with Gasteiger partial charge in [0.1, 0.15) is 0 Å². The lowest BCUT2D eigenvalue weighted by Crippen LogP contribution is -2.28. The van der Waals surface area contributed by atoms with Crippen molar-refractivity contribution in [3.63, 3.8) is 0 Å². The Morgan fingerprint density at radius 1 is 1.12 bits per heavy atom. The average Bonchev–Trinajstić information content (AvgIpc) is 2.59. The van der Waals surface area contributed by atoms with Crippen molar-refractivity contribution in [2.75, 3.05) is 5.75 Å². The molecule has 3 rings (SSSR count). The van der Waals surface area contributed by atoms with Crippen LogP contribution in [0.1, 0.15) is 54.2 Å². The largest absolute Gasteiger partial charge is 0.796 e. The summed E-state index contributed by atoms with van der Waals surface area (Å²) < 4.78 is 24.7. The molecule has 0 radical (unpaired) electrons. The number of hydrogen-bond donors (Lipinski definition) is 1. The SMILES string of the molecule is C/C(=C\c1ccc(C(=O)O)cc1)c1ccc2c(c1)C(C)(C)CCS2([O-])[O-]. The van der Waals surface area contributed by atoms with Gasteiger partial charge in [-0.05, 0) is 75.9 Å². The Kier molecular flexibility index (Phi) is 4.73. The second-order valence-corrected chi connectivity index (χ2v) is 9.50. The van der Waals surface area contributed by atoms with E-state index in [1.54, 1.807) is 30.3 Å². The predicted molar refractivity (Wildman–Crippen MR) is 103 cm³/mol. The normalized spacial score (nSPS) is 19.5. The molecule has 2 aromatic carbocycles. The number of allylic oxidation sites excluding steroid dienone is 1. The van der Waals surface area contributed by atoms with Gasteiger partial charge in [-0.3, -0.25) is 0 Å². The predicted octanol–water partition coefficient (Wildman–Crippen LogP) is 5.05. The summed E-state index contributed by atoms with van der Waals surface area (Å²) in [6, 6.07) is 12.2. The van der Waals surface area contributed by atoms with Crippen LogP contribution in [0.15, 0.2) is 47.4 Å². The molecular formula is C21H22O4S-2. The van der Waals surface area contributed by atoms with Crippen LogP contribution < -0.4 is 0 Å². The molecule has 0 bridgehead atoms. The van der Waals surface area contributed by atoms with Gasteiger partial charge in [-0.25, -0.2) is 4.79 Å². The summed E-state index contributed by atoms with van der Waals surface area (Å²) in [7, 11) is -3.20. The third-order valence-corrected chi connectivity index (χ3v) is 6.80. The van der Waals surface area contributed by atoms with E-state index in [2.05, 4.69) is 13.8 Å². The van der Waals surface area contributed by atoms with E-state index in [0.717, 1.165) is 22.3 Å². The highest BCUT2D eigenvalue weighted by Crippen LogP contribution is 2.57. The van der Waals surface area contributed by atoms with Crippen molar-refractivity contribution in [1.82, 2.24) is 0 Å². The summed E-state index contributed by atoms with van der Waals surface area (Å²) in [4.78, 5) is 11.4. The third-order valence-electron chi connectivity index (χ3n) is 5.04. The Bertz CT molecular complexity index is 879. The van der Waals surface area contributed by atoms with Gasteiger partial charge >= 0.3 is 5.97 Å². The zero-order valence-corrected chi connectivity index (χ0v) is 15.9. The minimum atomic E-state index is -3.20. The van der Waals surface area contributed by atoms with Crippen LogP contribution in [0.4, 0.5) is 0 Å². The van der Waals surface area contributed by atoms with Gasteiger partial charge in [0.2, 0.25) is 0 Å². The number of benzene rings is 2. The molecule has 0 unspecified atom stereocenters.